The number of para-hydroxylation sites is 1. The van der Waals surface area contributed by atoms with Crippen molar-refractivity contribution in [3.63, 3.8) is 0 Å². The highest BCUT2D eigenvalue weighted by Crippen LogP contribution is 2.23. The second kappa shape index (κ2) is 7.99. The Morgan fingerprint density at radius 2 is 1.69 bits per heavy atom. The van der Waals surface area contributed by atoms with Gasteiger partial charge in [-0.2, -0.15) is 5.26 Å². The molecule has 0 aliphatic heterocycles. The molecule has 4 rings (SSSR count). The summed E-state index contributed by atoms with van der Waals surface area (Å²) in [6, 6.07) is 26.2. The predicted octanol–water partition coefficient (Wildman–Crippen LogP) is 4.82. The van der Waals surface area contributed by atoms with Crippen LogP contribution in [0, 0.1) is 17.1 Å². The average Bonchev–Trinajstić information content (AvgIpc) is 3.12. The molecule has 29 heavy (non-hydrogen) atoms. The van der Waals surface area contributed by atoms with Crippen LogP contribution in [0.15, 0.2) is 84.9 Å². The molecule has 1 amide bonds. The minimum absolute atomic E-state index is 0.147. The smallest absolute Gasteiger partial charge is 0.269 e. The van der Waals surface area contributed by atoms with E-state index in [-0.39, 0.29) is 5.56 Å². The maximum absolute atomic E-state index is 14.1. The lowest BCUT2D eigenvalue weighted by molar-refractivity contribution is 0.0936. The highest BCUT2D eigenvalue weighted by molar-refractivity contribution is 5.99. The Hall–Kier alpha value is -3.91. The van der Waals surface area contributed by atoms with Gasteiger partial charge in [-0.15, -0.1) is 0 Å². The lowest BCUT2D eigenvalue weighted by Gasteiger charge is -2.15. The molecule has 0 saturated heterocycles. The molecule has 1 heterocycles. The van der Waals surface area contributed by atoms with Crippen molar-refractivity contribution in [1.29, 1.82) is 5.26 Å². The standard InChI is InChI=1S/C24H18FN3O/c25-20-12-6-5-11-19(20)21(15-26)27-24(29)23-14-18-10-4-7-13-22(18)28(23)16-17-8-2-1-3-9-17/h1-14,21H,16H2,(H,27,29). The molecule has 1 atom stereocenters. The minimum Gasteiger partial charge on any atom is -0.332 e. The Labute approximate surface area is 167 Å². The normalized spacial score (nSPS) is 11.7. The van der Waals surface area contributed by atoms with Crippen LogP contribution in [0.5, 0.6) is 0 Å². The van der Waals surface area contributed by atoms with Gasteiger partial charge in [0, 0.05) is 23.0 Å². The number of fused-ring (bicyclic) bond motifs is 1. The van der Waals surface area contributed by atoms with E-state index in [1.807, 2.05) is 65.2 Å². The van der Waals surface area contributed by atoms with E-state index in [1.165, 1.54) is 12.1 Å². The van der Waals surface area contributed by atoms with E-state index in [9.17, 15) is 14.4 Å². The summed E-state index contributed by atoms with van der Waals surface area (Å²) in [6.45, 7) is 0.508. The number of carbonyl (C=O) groups excluding carboxylic acids is 1. The first-order valence-corrected chi connectivity index (χ1v) is 9.24. The van der Waals surface area contributed by atoms with Gasteiger partial charge in [-0.05, 0) is 23.8 Å². The van der Waals surface area contributed by atoms with E-state index >= 15 is 0 Å². The largest absolute Gasteiger partial charge is 0.332 e. The first kappa shape index (κ1) is 18.5. The third-order valence-corrected chi connectivity index (χ3v) is 4.85. The first-order valence-electron chi connectivity index (χ1n) is 9.24. The van der Waals surface area contributed by atoms with Gasteiger partial charge in [0.2, 0.25) is 0 Å². The molecule has 0 aliphatic rings. The monoisotopic (exact) mass is 383 g/mol. The second-order valence-electron chi connectivity index (χ2n) is 6.72. The number of amides is 1. The van der Waals surface area contributed by atoms with Crippen LogP contribution >= 0.6 is 0 Å². The summed E-state index contributed by atoms with van der Waals surface area (Å²) in [7, 11) is 0. The lowest BCUT2D eigenvalue weighted by atomic mass is 10.1. The van der Waals surface area contributed by atoms with Gasteiger partial charge in [0.25, 0.3) is 5.91 Å². The molecule has 0 fully saturated rings. The van der Waals surface area contributed by atoms with Crippen LogP contribution in [-0.4, -0.2) is 10.5 Å². The molecule has 4 aromatic rings. The quantitative estimate of drug-likeness (QED) is 0.537. The maximum Gasteiger partial charge on any atom is 0.269 e. The SMILES string of the molecule is N#CC(NC(=O)c1cc2ccccc2n1Cc1ccccc1)c1ccccc1F. The van der Waals surface area contributed by atoms with E-state index < -0.39 is 17.8 Å². The Morgan fingerprint density at radius 1 is 1.00 bits per heavy atom. The zero-order chi connectivity index (χ0) is 20.2. The highest BCUT2D eigenvalue weighted by Gasteiger charge is 2.21. The fourth-order valence-electron chi connectivity index (χ4n) is 3.43. The van der Waals surface area contributed by atoms with Gasteiger partial charge in [-0.25, -0.2) is 4.39 Å². The number of aromatic nitrogens is 1. The molecular formula is C24H18FN3O. The van der Waals surface area contributed by atoms with Crippen LogP contribution < -0.4 is 5.32 Å². The van der Waals surface area contributed by atoms with Crippen molar-refractivity contribution >= 4 is 16.8 Å². The van der Waals surface area contributed by atoms with Gasteiger partial charge >= 0.3 is 0 Å². The van der Waals surface area contributed by atoms with E-state index in [0.717, 1.165) is 16.5 Å². The average molecular weight is 383 g/mol. The molecule has 1 unspecified atom stereocenters. The molecule has 4 nitrogen and oxygen atoms in total. The topological polar surface area (TPSA) is 57.8 Å². The van der Waals surface area contributed by atoms with Crippen LogP contribution in [0.3, 0.4) is 0 Å². The van der Waals surface area contributed by atoms with Crippen molar-refractivity contribution in [2.45, 2.75) is 12.6 Å². The Bertz CT molecular complexity index is 1210. The summed E-state index contributed by atoms with van der Waals surface area (Å²) >= 11 is 0. The van der Waals surface area contributed by atoms with Crippen molar-refractivity contribution < 1.29 is 9.18 Å². The van der Waals surface area contributed by atoms with E-state index in [0.29, 0.717) is 12.2 Å². The zero-order valence-electron chi connectivity index (χ0n) is 15.5. The van der Waals surface area contributed by atoms with E-state index in [4.69, 9.17) is 0 Å². The lowest BCUT2D eigenvalue weighted by Crippen LogP contribution is -2.30. The summed E-state index contributed by atoms with van der Waals surface area (Å²) in [5, 5.41) is 13.1. The third-order valence-electron chi connectivity index (χ3n) is 4.85. The molecule has 3 aromatic carbocycles. The number of hydrogen-bond donors (Lipinski definition) is 1. The maximum atomic E-state index is 14.1. The fraction of sp³-hybridized carbons (Fsp3) is 0.0833. The van der Waals surface area contributed by atoms with Gasteiger partial charge in [-0.1, -0.05) is 66.7 Å². The van der Waals surface area contributed by atoms with Crippen LogP contribution in [0.25, 0.3) is 10.9 Å². The summed E-state index contributed by atoms with van der Waals surface area (Å²) in [5.41, 5.74) is 2.54. The van der Waals surface area contributed by atoms with Crippen molar-refractivity contribution in [2.24, 2.45) is 0 Å². The van der Waals surface area contributed by atoms with Crippen molar-refractivity contribution in [2.75, 3.05) is 0 Å². The Kier molecular flexibility index (Phi) is 5.08. The Balaban J connectivity index is 1.71. The molecule has 0 bridgehead atoms. The molecule has 1 N–H and O–H groups in total. The van der Waals surface area contributed by atoms with Gasteiger partial charge in [0.15, 0.2) is 0 Å². The van der Waals surface area contributed by atoms with E-state index in [2.05, 4.69) is 5.32 Å². The summed E-state index contributed by atoms with van der Waals surface area (Å²) in [4.78, 5) is 13.1. The number of carbonyl (C=O) groups is 1. The third kappa shape index (κ3) is 3.74. The summed E-state index contributed by atoms with van der Waals surface area (Å²) < 4.78 is 16.0. The van der Waals surface area contributed by atoms with Gasteiger partial charge < -0.3 is 9.88 Å². The molecule has 142 valence electrons. The van der Waals surface area contributed by atoms with Crippen LogP contribution in [0.4, 0.5) is 4.39 Å². The van der Waals surface area contributed by atoms with Gasteiger partial charge in [-0.3, -0.25) is 4.79 Å². The predicted molar refractivity (Wildman–Crippen MR) is 110 cm³/mol. The zero-order valence-corrected chi connectivity index (χ0v) is 15.5. The second-order valence-corrected chi connectivity index (χ2v) is 6.72. The van der Waals surface area contributed by atoms with Gasteiger partial charge in [0.05, 0.1) is 6.07 Å². The molecule has 0 radical (unpaired) electrons. The number of hydrogen-bond acceptors (Lipinski definition) is 2. The minimum atomic E-state index is -1.08. The fourth-order valence-corrected chi connectivity index (χ4v) is 3.43. The van der Waals surface area contributed by atoms with Crippen LogP contribution in [-0.2, 0) is 6.54 Å². The van der Waals surface area contributed by atoms with Gasteiger partial charge in [0.1, 0.15) is 17.6 Å². The van der Waals surface area contributed by atoms with Crippen molar-refractivity contribution in [3.8, 4) is 6.07 Å². The van der Waals surface area contributed by atoms with Crippen LogP contribution in [0.1, 0.15) is 27.7 Å². The van der Waals surface area contributed by atoms with Crippen LogP contribution in [0.2, 0.25) is 0 Å². The molecular weight excluding hydrogens is 365 g/mol. The molecule has 0 spiro atoms. The number of nitrogens with one attached hydrogen (secondary N) is 1. The number of rotatable bonds is 5. The summed E-state index contributed by atoms with van der Waals surface area (Å²) in [5.74, 6) is -0.948. The molecule has 0 aliphatic carbocycles. The highest BCUT2D eigenvalue weighted by atomic mass is 19.1. The molecule has 1 aromatic heterocycles. The van der Waals surface area contributed by atoms with E-state index in [1.54, 1.807) is 18.2 Å². The number of nitriles is 1. The number of benzene rings is 3. The van der Waals surface area contributed by atoms with Crippen molar-refractivity contribution in [1.82, 2.24) is 9.88 Å². The first-order chi connectivity index (χ1) is 14.2. The number of nitrogens with zero attached hydrogens (tertiary/aromatic N) is 2. The van der Waals surface area contributed by atoms with Crippen molar-refractivity contribution in [3.05, 3.63) is 108 Å². The molecule has 5 heteroatoms. The Morgan fingerprint density at radius 3 is 2.45 bits per heavy atom. The summed E-state index contributed by atoms with van der Waals surface area (Å²) in [6.07, 6.45) is 0. The number of halogens is 1. The molecule has 0 saturated carbocycles.